The van der Waals surface area contributed by atoms with E-state index >= 15 is 0 Å². The molecule has 3 fully saturated rings. The van der Waals surface area contributed by atoms with E-state index < -0.39 is 0 Å². The summed E-state index contributed by atoms with van der Waals surface area (Å²) in [4.78, 5) is 0. The molecule has 0 heterocycles. The molecule has 0 nitrogen and oxygen atoms in total. The van der Waals surface area contributed by atoms with E-state index in [0.717, 1.165) is 29.6 Å². The van der Waals surface area contributed by atoms with Crippen LogP contribution in [-0.2, 0) is 0 Å². The van der Waals surface area contributed by atoms with Gasteiger partial charge in [-0.05, 0) is 118 Å². The first-order valence-electron chi connectivity index (χ1n) is 11.1. The highest BCUT2D eigenvalue weighted by atomic mass is 19.1. The lowest BCUT2D eigenvalue weighted by Crippen LogP contribution is -2.41. The van der Waals surface area contributed by atoms with E-state index in [1.807, 2.05) is 12.1 Å². The third kappa shape index (κ3) is 3.92. The van der Waals surface area contributed by atoms with Crippen molar-refractivity contribution in [1.29, 1.82) is 0 Å². The van der Waals surface area contributed by atoms with Gasteiger partial charge in [0.1, 0.15) is 5.82 Å². The molecule has 0 radical (unpaired) electrons. The Labute approximate surface area is 159 Å². The van der Waals surface area contributed by atoms with Gasteiger partial charge in [-0.2, -0.15) is 0 Å². The van der Waals surface area contributed by atoms with Crippen LogP contribution in [0.5, 0.6) is 0 Å². The van der Waals surface area contributed by atoms with Crippen molar-refractivity contribution in [3.05, 3.63) is 47.8 Å². The average Bonchev–Trinajstić information content (AvgIpc) is 2.68. The molecule has 0 saturated heterocycles. The summed E-state index contributed by atoms with van der Waals surface area (Å²) in [6, 6.07) is 7.35. The lowest BCUT2D eigenvalue weighted by molar-refractivity contribution is 0.00566. The average molecular weight is 355 g/mol. The molecule has 1 heteroatoms. The molecule has 0 aliphatic heterocycles. The molecule has 4 rings (SSSR count). The van der Waals surface area contributed by atoms with Crippen LogP contribution >= 0.6 is 0 Å². The molecule has 3 aliphatic carbocycles. The van der Waals surface area contributed by atoms with Gasteiger partial charge in [-0.25, -0.2) is 4.39 Å². The molecule has 3 aliphatic rings. The second kappa shape index (κ2) is 8.28. The maximum Gasteiger partial charge on any atom is 0.123 e. The van der Waals surface area contributed by atoms with Crippen LogP contribution in [0.4, 0.5) is 4.39 Å². The van der Waals surface area contributed by atoms with Crippen molar-refractivity contribution >= 4 is 0 Å². The quantitative estimate of drug-likeness (QED) is 0.491. The second-order valence-corrected chi connectivity index (χ2v) is 9.31. The van der Waals surface area contributed by atoms with Crippen LogP contribution in [0.3, 0.4) is 0 Å². The van der Waals surface area contributed by atoms with E-state index in [2.05, 4.69) is 19.1 Å². The zero-order chi connectivity index (χ0) is 17.9. The molecule has 0 bridgehead atoms. The smallest absolute Gasteiger partial charge is 0.123 e. The number of hydrogen-bond donors (Lipinski definition) is 0. The van der Waals surface area contributed by atoms with Crippen molar-refractivity contribution in [2.45, 2.75) is 77.0 Å². The summed E-state index contributed by atoms with van der Waals surface area (Å²) in [5.74, 6) is 5.50. The number of fused-ring (bicyclic) bond motifs is 3. The molecule has 0 aromatic heterocycles. The maximum atomic E-state index is 13.2. The normalized spacial score (nSPS) is 37.3. The lowest BCUT2D eigenvalue weighted by atomic mass is 9.55. The zero-order valence-electron chi connectivity index (χ0n) is 16.4. The summed E-state index contributed by atoms with van der Waals surface area (Å²) >= 11 is 0. The van der Waals surface area contributed by atoms with Gasteiger partial charge in [0.15, 0.2) is 0 Å². The Morgan fingerprint density at radius 2 is 1.58 bits per heavy atom. The molecule has 0 N–H and O–H groups in total. The largest absolute Gasteiger partial charge is 0.207 e. The van der Waals surface area contributed by atoms with Gasteiger partial charge >= 0.3 is 0 Å². The highest BCUT2D eigenvalue weighted by molar-refractivity contribution is 5.21. The monoisotopic (exact) mass is 354 g/mol. The van der Waals surface area contributed by atoms with Crippen molar-refractivity contribution < 1.29 is 4.39 Å². The Kier molecular flexibility index (Phi) is 5.81. The number of allylic oxidation sites excluding steroid dienone is 2. The predicted octanol–water partition coefficient (Wildman–Crippen LogP) is 7.51. The van der Waals surface area contributed by atoms with E-state index in [0.29, 0.717) is 5.92 Å². The molecular formula is C25H35F. The van der Waals surface area contributed by atoms with Gasteiger partial charge in [-0.3, -0.25) is 0 Å². The molecule has 1 aromatic carbocycles. The van der Waals surface area contributed by atoms with E-state index in [9.17, 15) is 4.39 Å². The van der Waals surface area contributed by atoms with Gasteiger partial charge in [0.25, 0.3) is 0 Å². The fourth-order valence-corrected chi connectivity index (χ4v) is 6.69. The fourth-order valence-electron chi connectivity index (χ4n) is 6.69. The van der Waals surface area contributed by atoms with Gasteiger partial charge in [0.05, 0.1) is 0 Å². The Bertz CT molecular complexity index is 601. The summed E-state index contributed by atoms with van der Waals surface area (Å²) in [5.41, 5.74) is 1.37. The molecule has 26 heavy (non-hydrogen) atoms. The van der Waals surface area contributed by atoms with E-state index in [-0.39, 0.29) is 5.82 Å². The van der Waals surface area contributed by atoms with Crippen molar-refractivity contribution in [2.75, 3.05) is 0 Å². The fraction of sp³-hybridized carbons (Fsp3) is 0.680. The first-order valence-corrected chi connectivity index (χ1v) is 11.1. The van der Waals surface area contributed by atoms with Crippen LogP contribution < -0.4 is 0 Å². The third-order valence-electron chi connectivity index (χ3n) is 7.97. The Hall–Kier alpha value is -1.11. The predicted molar refractivity (Wildman–Crippen MR) is 108 cm³/mol. The minimum atomic E-state index is -0.103. The van der Waals surface area contributed by atoms with Crippen LogP contribution in [0.15, 0.2) is 36.4 Å². The molecule has 3 saturated carbocycles. The molecule has 142 valence electrons. The minimum Gasteiger partial charge on any atom is -0.207 e. The highest BCUT2D eigenvalue weighted by Gasteiger charge is 2.44. The number of hydrogen-bond acceptors (Lipinski definition) is 0. The molecule has 0 spiro atoms. The molecule has 6 atom stereocenters. The van der Waals surface area contributed by atoms with Gasteiger partial charge < -0.3 is 0 Å². The van der Waals surface area contributed by atoms with Crippen LogP contribution in [0, 0.1) is 35.4 Å². The van der Waals surface area contributed by atoms with E-state index in [4.69, 9.17) is 0 Å². The highest BCUT2D eigenvalue weighted by Crippen LogP contribution is 2.55. The Morgan fingerprint density at radius 1 is 0.885 bits per heavy atom. The van der Waals surface area contributed by atoms with Gasteiger partial charge in [-0.15, -0.1) is 0 Å². The third-order valence-corrected chi connectivity index (χ3v) is 7.97. The van der Waals surface area contributed by atoms with Crippen molar-refractivity contribution in [3.8, 4) is 0 Å². The zero-order valence-corrected chi connectivity index (χ0v) is 16.4. The van der Waals surface area contributed by atoms with Crippen LogP contribution in [0.1, 0.15) is 82.6 Å². The minimum absolute atomic E-state index is 0.103. The second-order valence-electron chi connectivity index (χ2n) is 9.31. The maximum absolute atomic E-state index is 13.2. The first kappa shape index (κ1) is 18.3. The molecule has 6 unspecified atom stereocenters. The summed E-state index contributed by atoms with van der Waals surface area (Å²) in [5, 5.41) is 0. The molecule has 0 amide bonds. The standard InChI is InChI=1S/C25H35F/c1-2-3-4-5-18-6-14-24-21(16-18)7-8-22-17-20(11-15-25(22)24)19-9-12-23(26)13-10-19/h2-3,9-10,12-13,18,20-22,24-25H,4-8,11,14-17H2,1H3. The van der Waals surface area contributed by atoms with Gasteiger partial charge in [-0.1, -0.05) is 30.7 Å². The van der Waals surface area contributed by atoms with E-state index in [1.54, 1.807) is 12.1 Å². The summed E-state index contributed by atoms with van der Waals surface area (Å²) in [6.45, 7) is 2.14. The summed E-state index contributed by atoms with van der Waals surface area (Å²) in [7, 11) is 0. The van der Waals surface area contributed by atoms with Gasteiger partial charge in [0.2, 0.25) is 0 Å². The molecule has 1 aromatic rings. The van der Waals surface area contributed by atoms with Crippen LogP contribution in [0.25, 0.3) is 0 Å². The van der Waals surface area contributed by atoms with Crippen molar-refractivity contribution in [3.63, 3.8) is 0 Å². The number of halogens is 1. The lowest BCUT2D eigenvalue weighted by Gasteiger charge is -2.51. The molecular weight excluding hydrogens is 319 g/mol. The summed E-state index contributed by atoms with van der Waals surface area (Å²) in [6.07, 6.45) is 18.7. The SMILES string of the molecule is CC=CCCC1CCC2C(CCC3CC(c4ccc(F)cc4)CCC32)C1. The van der Waals surface area contributed by atoms with Crippen LogP contribution in [0.2, 0.25) is 0 Å². The first-order chi connectivity index (χ1) is 12.7. The van der Waals surface area contributed by atoms with Crippen molar-refractivity contribution in [2.24, 2.45) is 29.6 Å². The van der Waals surface area contributed by atoms with Gasteiger partial charge in [0, 0.05) is 0 Å². The van der Waals surface area contributed by atoms with E-state index in [1.165, 1.54) is 69.8 Å². The number of rotatable bonds is 4. The van der Waals surface area contributed by atoms with Crippen LogP contribution in [-0.4, -0.2) is 0 Å². The Balaban J connectivity index is 1.35. The van der Waals surface area contributed by atoms with Crippen molar-refractivity contribution in [1.82, 2.24) is 0 Å². The number of benzene rings is 1. The summed E-state index contributed by atoms with van der Waals surface area (Å²) < 4.78 is 13.2. The Morgan fingerprint density at radius 3 is 2.31 bits per heavy atom. The topological polar surface area (TPSA) is 0 Å².